The number of nitrogens with zero attached hydrogens (tertiary/aromatic N) is 2. The van der Waals surface area contributed by atoms with E-state index >= 15 is 0 Å². The number of carbonyl (C=O) groups excluding carboxylic acids is 1. The molecule has 5 nitrogen and oxygen atoms in total. The first kappa shape index (κ1) is 19.5. The maximum absolute atomic E-state index is 12.8. The topological polar surface area (TPSA) is 59.0 Å². The molecule has 1 aliphatic rings. The Morgan fingerprint density at radius 1 is 1.28 bits per heavy atom. The number of nitrogens with one attached hydrogen (secondary N) is 2. The van der Waals surface area contributed by atoms with Gasteiger partial charge in [0.05, 0.1) is 16.9 Å². The van der Waals surface area contributed by atoms with E-state index < -0.39 is 0 Å². The number of rotatable bonds is 3. The van der Waals surface area contributed by atoms with E-state index in [2.05, 4.69) is 31.4 Å². The van der Waals surface area contributed by atoms with Crippen LogP contribution in [0.25, 0.3) is 5.69 Å². The summed E-state index contributed by atoms with van der Waals surface area (Å²) in [4.78, 5) is 12.8. The molecule has 0 bridgehead atoms. The largest absolute Gasteiger partial charge is 0.348 e. The van der Waals surface area contributed by atoms with Gasteiger partial charge in [-0.1, -0.05) is 39.0 Å². The molecule has 6 heteroatoms. The fraction of sp³-hybridized carbons (Fsp3) is 0.474. The van der Waals surface area contributed by atoms with Crippen LogP contribution < -0.4 is 10.6 Å². The van der Waals surface area contributed by atoms with Crippen molar-refractivity contribution in [2.45, 2.75) is 45.1 Å². The normalized spacial score (nSPS) is 17.6. The van der Waals surface area contributed by atoms with Crippen molar-refractivity contribution in [2.75, 3.05) is 13.1 Å². The maximum Gasteiger partial charge on any atom is 0.255 e. The van der Waals surface area contributed by atoms with E-state index in [9.17, 15) is 4.79 Å². The van der Waals surface area contributed by atoms with Crippen LogP contribution in [0.4, 0.5) is 0 Å². The number of benzene rings is 1. The molecule has 1 saturated heterocycles. The van der Waals surface area contributed by atoms with Crippen molar-refractivity contribution in [1.29, 1.82) is 0 Å². The molecule has 1 atom stereocenters. The summed E-state index contributed by atoms with van der Waals surface area (Å²) < 4.78 is 1.80. The monoisotopic (exact) mass is 362 g/mol. The molecule has 1 fully saturated rings. The third-order valence-electron chi connectivity index (χ3n) is 4.32. The van der Waals surface area contributed by atoms with E-state index in [0.717, 1.165) is 37.3 Å². The van der Waals surface area contributed by atoms with Crippen molar-refractivity contribution in [3.05, 3.63) is 47.8 Å². The molecule has 0 radical (unpaired) electrons. The SMILES string of the molecule is CC(C)(C)c1nn(-c2ccccc2)cc1C(=O)N[C@H]1CCCNC1.Cl. The predicted molar refractivity (Wildman–Crippen MR) is 103 cm³/mol. The Morgan fingerprint density at radius 3 is 2.60 bits per heavy atom. The first-order chi connectivity index (χ1) is 11.4. The molecule has 2 heterocycles. The number of carbonyl (C=O) groups is 1. The van der Waals surface area contributed by atoms with Gasteiger partial charge in [0, 0.05) is 24.2 Å². The van der Waals surface area contributed by atoms with Crippen LogP contribution in [0.15, 0.2) is 36.5 Å². The van der Waals surface area contributed by atoms with E-state index in [4.69, 9.17) is 5.10 Å². The second-order valence-corrected chi connectivity index (χ2v) is 7.44. The lowest BCUT2D eigenvalue weighted by Crippen LogP contribution is -2.45. The van der Waals surface area contributed by atoms with Crippen LogP contribution in [0.3, 0.4) is 0 Å². The number of aromatic nitrogens is 2. The lowest BCUT2D eigenvalue weighted by Gasteiger charge is -2.24. The zero-order valence-electron chi connectivity index (χ0n) is 15.1. The minimum atomic E-state index is -0.197. The van der Waals surface area contributed by atoms with Crippen molar-refractivity contribution < 1.29 is 4.79 Å². The highest BCUT2D eigenvalue weighted by Crippen LogP contribution is 2.25. The van der Waals surface area contributed by atoms with Crippen LogP contribution in [0.2, 0.25) is 0 Å². The molecule has 136 valence electrons. The molecule has 0 spiro atoms. The minimum absolute atomic E-state index is 0. The van der Waals surface area contributed by atoms with Crippen LogP contribution in [0.1, 0.15) is 49.7 Å². The summed E-state index contributed by atoms with van der Waals surface area (Å²) in [5.74, 6) is -0.0317. The van der Waals surface area contributed by atoms with Gasteiger partial charge in [0.25, 0.3) is 5.91 Å². The summed E-state index contributed by atoms with van der Waals surface area (Å²) in [6, 6.07) is 10.1. The van der Waals surface area contributed by atoms with Crippen molar-refractivity contribution in [2.24, 2.45) is 0 Å². The van der Waals surface area contributed by atoms with Crippen molar-refractivity contribution in [1.82, 2.24) is 20.4 Å². The molecule has 2 aromatic rings. The number of hydrogen-bond acceptors (Lipinski definition) is 3. The fourth-order valence-corrected chi connectivity index (χ4v) is 3.05. The number of piperidine rings is 1. The van der Waals surface area contributed by atoms with Gasteiger partial charge in [0.1, 0.15) is 0 Å². The summed E-state index contributed by atoms with van der Waals surface area (Å²) in [6.07, 6.45) is 3.97. The van der Waals surface area contributed by atoms with Gasteiger partial charge >= 0.3 is 0 Å². The first-order valence-corrected chi connectivity index (χ1v) is 8.62. The van der Waals surface area contributed by atoms with Gasteiger partial charge in [0.15, 0.2) is 0 Å². The van der Waals surface area contributed by atoms with Gasteiger partial charge in [-0.25, -0.2) is 4.68 Å². The maximum atomic E-state index is 12.8. The number of amides is 1. The van der Waals surface area contributed by atoms with E-state index in [1.165, 1.54) is 0 Å². The Balaban J connectivity index is 0.00000225. The standard InChI is InChI=1S/C19H26N4O.ClH/c1-19(2,3)17-16(18(24)21-14-8-7-11-20-12-14)13-23(22-17)15-9-5-4-6-10-15;/h4-6,9-10,13-14,20H,7-8,11-12H2,1-3H3,(H,21,24);1H/t14-;/m0./s1. The van der Waals surface area contributed by atoms with Crippen LogP contribution >= 0.6 is 12.4 Å². The Kier molecular flexibility index (Phi) is 6.25. The smallest absolute Gasteiger partial charge is 0.255 e. The predicted octanol–water partition coefficient (Wildman–Crippen LogP) is 3.07. The quantitative estimate of drug-likeness (QED) is 0.882. The third kappa shape index (κ3) is 4.61. The van der Waals surface area contributed by atoms with Crippen LogP contribution in [-0.2, 0) is 5.41 Å². The third-order valence-corrected chi connectivity index (χ3v) is 4.32. The van der Waals surface area contributed by atoms with Gasteiger partial charge < -0.3 is 10.6 Å². The highest BCUT2D eigenvalue weighted by molar-refractivity contribution is 5.95. The highest BCUT2D eigenvalue weighted by atomic mass is 35.5. The molecule has 2 N–H and O–H groups in total. The van der Waals surface area contributed by atoms with Crippen molar-refractivity contribution >= 4 is 18.3 Å². The number of para-hydroxylation sites is 1. The van der Waals surface area contributed by atoms with Gasteiger partial charge in [0.2, 0.25) is 0 Å². The summed E-state index contributed by atoms with van der Waals surface area (Å²) in [7, 11) is 0. The average molecular weight is 363 g/mol. The summed E-state index contributed by atoms with van der Waals surface area (Å²) >= 11 is 0. The van der Waals surface area contributed by atoms with E-state index in [1.807, 2.05) is 36.5 Å². The van der Waals surface area contributed by atoms with E-state index in [1.54, 1.807) is 4.68 Å². The Morgan fingerprint density at radius 2 is 2.00 bits per heavy atom. The highest BCUT2D eigenvalue weighted by Gasteiger charge is 2.27. The lowest BCUT2D eigenvalue weighted by molar-refractivity contribution is 0.0928. The molecule has 1 aromatic heterocycles. The lowest BCUT2D eigenvalue weighted by atomic mass is 9.89. The molecular weight excluding hydrogens is 336 g/mol. The molecule has 1 amide bonds. The molecule has 3 rings (SSSR count). The molecule has 0 saturated carbocycles. The second-order valence-electron chi connectivity index (χ2n) is 7.44. The summed E-state index contributed by atoms with van der Waals surface area (Å²) in [6.45, 7) is 8.13. The zero-order chi connectivity index (χ0) is 17.2. The van der Waals surface area contributed by atoms with Gasteiger partial charge in [-0.3, -0.25) is 4.79 Å². The number of hydrogen-bond donors (Lipinski definition) is 2. The second kappa shape index (κ2) is 8.02. The zero-order valence-corrected chi connectivity index (χ0v) is 15.9. The van der Waals surface area contributed by atoms with Gasteiger partial charge in [-0.05, 0) is 31.5 Å². The van der Waals surface area contributed by atoms with Crippen molar-refractivity contribution in [3.8, 4) is 5.69 Å². The van der Waals surface area contributed by atoms with Crippen LogP contribution in [0, 0.1) is 0 Å². The van der Waals surface area contributed by atoms with Gasteiger partial charge in [-0.2, -0.15) is 5.10 Å². The Labute approximate surface area is 155 Å². The average Bonchev–Trinajstić information content (AvgIpc) is 3.02. The molecule has 0 aliphatic carbocycles. The summed E-state index contributed by atoms with van der Waals surface area (Å²) in [5.41, 5.74) is 2.25. The number of halogens is 1. The van der Waals surface area contributed by atoms with Gasteiger partial charge in [-0.15, -0.1) is 12.4 Å². The Bertz CT molecular complexity index is 700. The molecular formula is C19H27ClN4O. The minimum Gasteiger partial charge on any atom is -0.348 e. The first-order valence-electron chi connectivity index (χ1n) is 8.62. The fourth-order valence-electron chi connectivity index (χ4n) is 3.05. The van der Waals surface area contributed by atoms with E-state index in [-0.39, 0.29) is 29.8 Å². The molecule has 25 heavy (non-hydrogen) atoms. The molecule has 1 aromatic carbocycles. The van der Waals surface area contributed by atoms with E-state index in [0.29, 0.717) is 5.56 Å². The Hall–Kier alpha value is -1.85. The van der Waals surface area contributed by atoms with Crippen LogP contribution in [-0.4, -0.2) is 34.8 Å². The summed E-state index contributed by atoms with van der Waals surface area (Å²) in [5, 5.41) is 11.2. The van der Waals surface area contributed by atoms with Crippen molar-refractivity contribution in [3.63, 3.8) is 0 Å². The van der Waals surface area contributed by atoms with Crippen LogP contribution in [0.5, 0.6) is 0 Å². The molecule has 0 unspecified atom stereocenters. The molecule has 1 aliphatic heterocycles.